The maximum atomic E-state index is 13.4. The molecular weight excluding hydrogens is 499 g/mol. The van der Waals surface area contributed by atoms with E-state index in [4.69, 9.17) is 0 Å². The first-order valence-electron chi connectivity index (χ1n) is 13.6. The molecule has 1 aromatic rings. The van der Waals surface area contributed by atoms with Gasteiger partial charge in [-0.05, 0) is 77.0 Å². The summed E-state index contributed by atoms with van der Waals surface area (Å²) in [6.07, 6.45) is -0.160. The topological polar surface area (TPSA) is 68.4 Å². The highest BCUT2D eigenvalue weighted by molar-refractivity contribution is 5.92. The molecule has 1 aromatic carbocycles. The molecule has 1 N–H and O–H groups in total. The summed E-state index contributed by atoms with van der Waals surface area (Å²) in [7, 11) is 4.29. The third kappa shape index (κ3) is 6.10. The smallest absolute Gasteiger partial charge is 0.406 e. The van der Waals surface area contributed by atoms with Gasteiger partial charge < -0.3 is 19.9 Å². The predicted octanol–water partition coefficient (Wildman–Crippen LogP) is 2.44. The molecule has 4 aliphatic rings. The number of ether oxygens (including phenoxy) is 1. The van der Waals surface area contributed by atoms with Crippen molar-refractivity contribution in [1.82, 2.24) is 24.9 Å². The van der Waals surface area contributed by atoms with Crippen molar-refractivity contribution in [2.75, 3.05) is 46.8 Å². The van der Waals surface area contributed by atoms with Crippen LogP contribution in [0, 0.1) is 0 Å². The highest BCUT2D eigenvalue weighted by atomic mass is 19.4. The lowest BCUT2D eigenvalue weighted by molar-refractivity contribution is -0.274. The number of alkyl halides is 3. The molecule has 8 nitrogen and oxygen atoms in total. The Morgan fingerprint density at radius 3 is 2.34 bits per heavy atom. The Balaban J connectivity index is 1.15. The summed E-state index contributed by atoms with van der Waals surface area (Å²) in [5.74, 6) is -0.219. The molecule has 4 aliphatic heterocycles. The van der Waals surface area contributed by atoms with Gasteiger partial charge in [0.15, 0.2) is 0 Å². The van der Waals surface area contributed by atoms with E-state index in [0.717, 1.165) is 31.5 Å². The summed E-state index contributed by atoms with van der Waals surface area (Å²) >= 11 is 0. The number of nitrogens with zero attached hydrogens (tertiary/aromatic N) is 4. The highest BCUT2D eigenvalue weighted by Crippen LogP contribution is 2.35. The van der Waals surface area contributed by atoms with Crippen molar-refractivity contribution in [2.45, 2.75) is 75.1 Å². The van der Waals surface area contributed by atoms with Crippen molar-refractivity contribution in [3.63, 3.8) is 0 Å². The minimum Gasteiger partial charge on any atom is -0.406 e. The number of likely N-dealkylation sites (tertiary alicyclic amines) is 2. The van der Waals surface area contributed by atoms with Crippen molar-refractivity contribution in [2.24, 2.45) is 0 Å². The Morgan fingerprint density at radius 2 is 1.71 bits per heavy atom. The molecule has 0 saturated carbocycles. The Kier molecular flexibility index (Phi) is 7.63. The zero-order chi connectivity index (χ0) is 27.1. The molecule has 0 aromatic heterocycles. The van der Waals surface area contributed by atoms with Gasteiger partial charge in [0.1, 0.15) is 11.8 Å². The third-order valence-corrected chi connectivity index (χ3v) is 9.00. The van der Waals surface area contributed by atoms with E-state index in [1.165, 1.54) is 12.1 Å². The van der Waals surface area contributed by atoms with Crippen LogP contribution < -0.4 is 10.1 Å². The third-order valence-electron chi connectivity index (χ3n) is 9.00. The molecule has 11 heteroatoms. The number of carbonyl (C=O) groups excluding carboxylic acids is 2. The van der Waals surface area contributed by atoms with Crippen LogP contribution in [0.4, 0.5) is 13.2 Å². The normalized spacial score (nSPS) is 27.5. The van der Waals surface area contributed by atoms with E-state index in [1.54, 1.807) is 12.1 Å². The molecule has 0 unspecified atom stereocenters. The Bertz CT molecular complexity index is 976. The zero-order valence-corrected chi connectivity index (χ0v) is 22.2. The molecule has 210 valence electrons. The number of hydrogen-bond acceptors (Lipinski definition) is 6. The molecule has 1 spiro atoms. The Morgan fingerprint density at radius 1 is 1.05 bits per heavy atom. The SMILES string of the molecule is CN1CCC(N(C)[C@H]2C[C@H]3C(=O)NC4(CCN(Cc5ccc(OC(F)(F)F)cc5)CC4)CC(=O)N3C2)CC1. The fraction of sp³-hybridized carbons (Fsp3) is 0.704. The molecule has 2 atom stereocenters. The van der Waals surface area contributed by atoms with E-state index in [-0.39, 0.29) is 23.6 Å². The van der Waals surface area contributed by atoms with E-state index in [9.17, 15) is 22.8 Å². The number of hydrogen-bond donors (Lipinski definition) is 1. The van der Waals surface area contributed by atoms with Crippen LogP contribution in [-0.4, -0.2) is 108 Å². The fourth-order valence-electron chi connectivity index (χ4n) is 6.61. The molecule has 0 aliphatic carbocycles. The zero-order valence-electron chi connectivity index (χ0n) is 22.2. The second-order valence-corrected chi connectivity index (χ2v) is 11.6. The molecule has 5 rings (SSSR count). The van der Waals surface area contributed by atoms with E-state index in [2.05, 4.69) is 38.8 Å². The number of amides is 2. The number of fused-ring (bicyclic) bond motifs is 1. The first-order chi connectivity index (χ1) is 18.0. The van der Waals surface area contributed by atoms with Crippen LogP contribution in [0.1, 0.15) is 44.1 Å². The number of benzene rings is 1. The van der Waals surface area contributed by atoms with Crippen molar-refractivity contribution in [3.8, 4) is 5.75 Å². The van der Waals surface area contributed by atoms with Gasteiger partial charge in [0, 0.05) is 38.3 Å². The average Bonchev–Trinajstić information content (AvgIpc) is 3.29. The number of nitrogens with one attached hydrogen (secondary N) is 1. The monoisotopic (exact) mass is 537 g/mol. The highest BCUT2D eigenvalue weighted by Gasteiger charge is 2.49. The van der Waals surface area contributed by atoms with Crippen LogP contribution in [0.25, 0.3) is 0 Å². The quantitative estimate of drug-likeness (QED) is 0.623. The lowest BCUT2D eigenvalue weighted by Crippen LogP contribution is -2.56. The number of carbonyl (C=O) groups is 2. The summed E-state index contributed by atoms with van der Waals surface area (Å²) in [6.45, 7) is 4.73. The maximum Gasteiger partial charge on any atom is 0.573 e. The van der Waals surface area contributed by atoms with Crippen LogP contribution in [0.15, 0.2) is 24.3 Å². The van der Waals surface area contributed by atoms with Crippen LogP contribution in [-0.2, 0) is 16.1 Å². The minimum absolute atomic E-state index is 0.0381. The molecule has 4 saturated heterocycles. The molecule has 2 amide bonds. The first-order valence-corrected chi connectivity index (χ1v) is 13.6. The molecule has 38 heavy (non-hydrogen) atoms. The van der Waals surface area contributed by atoms with Crippen molar-refractivity contribution in [1.29, 1.82) is 0 Å². The molecular formula is C27H38F3N5O3. The van der Waals surface area contributed by atoms with Gasteiger partial charge in [-0.1, -0.05) is 12.1 Å². The van der Waals surface area contributed by atoms with Gasteiger partial charge >= 0.3 is 6.36 Å². The average molecular weight is 538 g/mol. The van der Waals surface area contributed by atoms with Crippen molar-refractivity contribution < 1.29 is 27.5 Å². The van der Waals surface area contributed by atoms with E-state index in [0.29, 0.717) is 57.9 Å². The maximum absolute atomic E-state index is 13.4. The summed E-state index contributed by atoms with van der Waals surface area (Å²) in [5, 5.41) is 3.28. The van der Waals surface area contributed by atoms with Crippen LogP contribution in [0.3, 0.4) is 0 Å². The minimum atomic E-state index is -4.71. The van der Waals surface area contributed by atoms with Crippen LogP contribution >= 0.6 is 0 Å². The molecule has 0 radical (unpaired) electrons. The van der Waals surface area contributed by atoms with Gasteiger partial charge in [-0.25, -0.2) is 0 Å². The number of halogens is 3. The summed E-state index contributed by atoms with van der Waals surface area (Å²) in [5.41, 5.74) is 0.353. The Labute approximate surface area is 222 Å². The van der Waals surface area contributed by atoms with Gasteiger partial charge in [-0.3, -0.25) is 19.4 Å². The van der Waals surface area contributed by atoms with E-state index >= 15 is 0 Å². The predicted molar refractivity (Wildman–Crippen MR) is 135 cm³/mol. The number of rotatable bonds is 5. The number of likely N-dealkylation sites (N-methyl/N-ethyl adjacent to an activating group) is 1. The van der Waals surface area contributed by atoms with E-state index in [1.807, 2.05) is 4.90 Å². The summed E-state index contributed by atoms with van der Waals surface area (Å²) in [4.78, 5) is 35.5. The van der Waals surface area contributed by atoms with E-state index < -0.39 is 17.9 Å². The van der Waals surface area contributed by atoms with Crippen molar-refractivity contribution in [3.05, 3.63) is 29.8 Å². The van der Waals surface area contributed by atoms with Crippen LogP contribution in [0.2, 0.25) is 0 Å². The lowest BCUT2D eigenvalue weighted by Gasteiger charge is -2.41. The van der Waals surface area contributed by atoms with Gasteiger partial charge in [0.2, 0.25) is 11.8 Å². The Hall–Kier alpha value is -2.37. The summed E-state index contributed by atoms with van der Waals surface area (Å²) < 4.78 is 41.1. The first kappa shape index (κ1) is 27.2. The molecule has 4 fully saturated rings. The fourth-order valence-corrected chi connectivity index (χ4v) is 6.61. The van der Waals surface area contributed by atoms with Crippen molar-refractivity contribution >= 4 is 11.8 Å². The lowest BCUT2D eigenvalue weighted by atomic mass is 9.84. The number of piperidine rings is 2. The van der Waals surface area contributed by atoms with Gasteiger partial charge in [-0.2, -0.15) is 0 Å². The molecule has 0 bridgehead atoms. The van der Waals surface area contributed by atoms with Gasteiger partial charge in [0.25, 0.3) is 0 Å². The van der Waals surface area contributed by atoms with Gasteiger partial charge in [-0.15, -0.1) is 13.2 Å². The second-order valence-electron chi connectivity index (χ2n) is 11.6. The molecule has 4 heterocycles. The van der Waals surface area contributed by atoms with Gasteiger partial charge in [0.05, 0.1) is 12.0 Å². The second kappa shape index (κ2) is 10.7. The summed E-state index contributed by atoms with van der Waals surface area (Å²) in [6, 6.07) is 6.20. The standard InChI is InChI=1S/C27H38F3N5O3/c1-32-11-7-20(8-12-32)33(2)21-15-23-25(37)31-26(16-24(36)35(23)18-21)9-13-34(14-10-26)17-19-3-5-22(6-4-19)38-27(28,29)30/h3-6,20-21,23H,7-18H2,1-2H3,(H,31,37)/t21-,23-/m0/s1. The van der Waals surface area contributed by atoms with Crippen LogP contribution in [0.5, 0.6) is 5.75 Å². The largest absolute Gasteiger partial charge is 0.573 e.